The molecule has 1 amide bonds. The van der Waals surface area contributed by atoms with Crippen LogP contribution in [0.3, 0.4) is 0 Å². The van der Waals surface area contributed by atoms with Crippen molar-refractivity contribution in [2.24, 2.45) is 4.95 Å². The maximum Gasteiger partial charge on any atom is 0.487 e. The van der Waals surface area contributed by atoms with E-state index in [0.717, 1.165) is 22.3 Å². The molecule has 0 radical (unpaired) electrons. The van der Waals surface area contributed by atoms with Gasteiger partial charge in [0.2, 0.25) is 0 Å². The van der Waals surface area contributed by atoms with E-state index < -0.39 is 13.8 Å². The molecule has 0 aromatic heterocycles. The number of nitrogens with one attached hydrogen (secondary N) is 1. The molecular formula is C17H17N2O6P. The Morgan fingerprint density at radius 1 is 1.12 bits per heavy atom. The zero-order valence-electron chi connectivity index (χ0n) is 13.7. The molecule has 0 bridgehead atoms. The second kappa shape index (κ2) is 7.78. The summed E-state index contributed by atoms with van der Waals surface area (Å²) in [5.41, 5.74) is 4.46. The maximum absolute atomic E-state index is 11.8. The summed E-state index contributed by atoms with van der Waals surface area (Å²) in [7, 11) is -4.46. The number of nitrogens with zero attached hydrogens (tertiary/aromatic N) is 1. The van der Waals surface area contributed by atoms with E-state index >= 15 is 0 Å². The van der Waals surface area contributed by atoms with Gasteiger partial charge in [-0.3, -0.25) is 4.52 Å². The van der Waals surface area contributed by atoms with Crippen molar-refractivity contribution in [3.05, 3.63) is 64.6 Å². The molecule has 0 heterocycles. The van der Waals surface area contributed by atoms with Crippen LogP contribution in [0.5, 0.6) is 0 Å². The molecule has 8 nitrogen and oxygen atoms in total. The molecule has 3 rings (SSSR count). The first kappa shape index (κ1) is 18.3. The van der Waals surface area contributed by atoms with Gasteiger partial charge in [0.05, 0.1) is 6.61 Å². The van der Waals surface area contributed by atoms with Gasteiger partial charge in [0.25, 0.3) is 0 Å². The van der Waals surface area contributed by atoms with Crippen LogP contribution in [0.1, 0.15) is 17.0 Å². The molecule has 9 heteroatoms. The number of benzene rings is 2. The number of nitroso groups, excluding NO2 is 1. The van der Waals surface area contributed by atoms with Crippen LogP contribution in [-0.4, -0.2) is 30.7 Å². The van der Waals surface area contributed by atoms with Crippen LogP contribution in [0.2, 0.25) is 0 Å². The number of amides is 1. The minimum absolute atomic E-state index is 0.0543. The smallest absolute Gasteiger partial charge is 0.449 e. The van der Waals surface area contributed by atoms with E-state index in [1.165, 1.54) is 0 Å². The van der Waals surface area contributed by atoms with Crippen molar-refractivity contribution in [3.63, 3.8) is 0 Å². The topological polar surface area (TPSA) is 114 Å². The predicted molar refractivity (Wildman–Crippen MR) is 94.6 cm³/mol. The fraction of sp³-hybridized carbons (Fsp3) is 0.235. The number of fused-ring (bicyclic) bond motifs is 3. The largest absolute Gasteiger partial charge is 0.487 e. The lowest BCUT2D eigenvalue weighted by Gasteiger charge is -2.14. The second-order valence-electron chi connectivity index (χ2n) is 5.66. The molecule has 26 heavy (non-hydrogen) atoms. The van der Waals surface area contributed by atoms with Gasteiger partial charge in [-0.15, -0.1) is 4.91 Å². The Morgan fingerprint density at radius 2 is 1.69 bits per heavy atom. The summed E-state index contributed by atoms with van der Waals surface area (Å²) in [5, 5.41) is 2.39. The van der Waals surface area contributed by atoms with Gasteiger partial charge in [-0.2, -0.15) is 0 Å². The van der Waals surface area contributed by atoms with E-state index in [0.29, 0.717) is 0 Å². The lowest BCUT2D eigenvalue weighted by molar-refractivity contribution is 0.140. The van der Waals surface area contributed by atoms with Crippen LogP contribution < -0.4 is 5.32 Å². The highest BCUT2D eigenvalue weighted by Crippen LogP contribution is 2.44. The van der Waals surface area contributed by atoms with Crippen molar-refractivity contribution in [3.8, 4) is 11.1 Å². The molecule has 0 spiro atoms. The van der Waals surface area contributed by atoms with Crippen molar-refractivity contribution < 1.29 is 23.5 Å². The molecule has 2 aromatic carbocycles. The summed E-state index contributed by atoms with van der Waals surface area (Å²) in [6.45, 7) is -0.254. The number of carbonyl (C=O) groups is 1. The Balaban J connectivity index is 1.56. The molecule has 1 atom stereocenters. The SMILES string of the molecule is O=NP(=O)(O)OCCNC(=O)OCC1c2ccccc2-c2ccccc21. The van der Waals surface area contributed by atoms with Crippen LogP contribution in [0.15, 0.2) is 53.5 Å². The first-order valence-electron chi connectivity index (χ1n) is 7.93. The van der Waals surface area contributed by atoms with Crippen molar-refractivity contribution in [1.82, 2.24) is 5.32 Å². The summed E-state index contributed by atoms with van der Waals surface area (Å²) in [4.78, 5) is 32.6. The normalized spacial score (nSPS) is 14.8. The lowest BCUT2D eigenvalue weighted by Crippen LogP contribution is -2.29. The van der Waals surface area contributed by atoms with Crippen LogP contribution >= 0.6 is 7.75 Å². The molecule has 1 aliphatic rings. The lowest BCUT2D eigenvalue weighted by atomic mass is 9.98. The van der Waals surface area contributed by atoms with Gasteiger partial charge in [-0.05, 0) is 22.3 Å². The van der Waals surface area contributed by atoms with Crippen molar-refractivity contribution in [1.29, 1.82) is 0 Å². The summed E-state index contributed by atoms with van der Waals surface area (Å²) in [5.74, 6) is -0.0543. The molecule has 0 fully saturated rings. The van der Waals surface area contributed by atoms with E-state index in [-0.39, 0.29) is 25.7 Å². The van der Waals surface area contributed by atoms with E-state index in [2.05, 4.69) is 9.84 Å². The third kappa shape index (κ3) is 3.99. The average Bonchev–Trinajstić information content (AvgIpc) is 2.98. The first-order chi connectivity index (χ1) is 12.5. The van der Waals surface area contributed by atoms with Crippen molar-refractivity contribution in [2.45, 2.75) is 5.92 Å². The van der Waals surface area contributed by atoms with Crippen LogP contribution in [0.4, 0.5) is 4.79 Å². The second-order valence-corrected chi connectivity index (χ2v) is 7.06. The molecule has 0 aliphatic heterocycles. The number of alkyl carbamates (subject to hydrolysis) is 1. The number of ether oxygens (including phenoxy) is 1. The Kier molecular flexibility index (Phi) is 5.46. The predicted octanol–water partition coefficient (Wildman–Crippen LogP) is 3.41. The molecule has 0 saturated heterocycles. The summed E-state index contributed by atoms with van der Waals surface area (Å²) in [6.07, 6.45) is -0.678. The van der Waals surface area contributed by atoms with Gasteiger partial charge in [0.15, 0.2) is 0 Å². The maximum atomic E-state index is 11.8. The third-order valence-electron chi connectivity index (χ3n) is 4.08. The van der Waals surface area contributed by atoms with Crippen LogP contribution in [0.25, 0.3) is 11.1 Å². The third-order valence-corrected chi connectivity index (χ3v) is 4.80. The molecule has 1 aliphatic carbocycles. The number of hydrogen-bond donors (Lipinski definition) is 2. The highest BCUT2D eigenvalue weighted by Gasteiger charge is 2.29. The zero-order chi connectivity index (χ0) is 18.6. The fourth-order valence-corrected chi connectivity index (χ4v) is 3.37. The molecule has 2 N–H and O–H groups in total. The minimum atomic E-state index is -4.46. The van der Waals surface area contributed by atoms with Gasteiger partial charge >= 0.3 is 13.8 Å². The van der Waals surface area contributed by atoms with Gasteiger partial charge in [-0.25, -0.2) is 9.36 Å². The molecular weight excluding hydrogens is 359 g/mol. The monoisotopic (exact) mass is 376 g/mol. The van der Waals surface area contributed by atoms with Crippen molar-refractivity contribution in [2.75, 3.05) is 19.8 Å². The van der Waals surface area contributed by atoms with Gasteiger partial charge in [0, 0.05) is 17.4 Å². The average molecular weight is 376 g/mol. The van der Waals surface area contributed by atoms with E-state index in [9.17, 15) is 14.3 Å². The molecule has 136 valence electrons. The highest BCUT2D eigenvalue weighted by molar-refractivity contribution is 7.51. The molecule has 0 saturated carbocycles. The quantitative estimate of drug-likeness (QED) is 0.435. The van der Waals surface area contributed by atoms with Gasteiger partial charge in [-0.1, -0.05) is 48.5 Å². The van der Waals surface area contributed by atoms with E-state index in [1.54, 1.807) is 0 Å². The Morgan fingerprint density at radius 3 is 2.27 bits per heavy atom. The number of carbonyl (C=O) groups excluding carboxylic acids is 1. The van der Waals surface area contributed by atoms with Crippen molar-refractivity contribution >= 4 is 13.8 Å². The Bertz CT molecular complexity index is 826. The standard InChI is InChI=1S/C17H17N2O6P/c20-17(18-9-10-25-26(22,23)19-21)24-11-16-14-7-3-1-5-12(14)13-6-2-4-8-15(13)16/h1-8,16H,9-11H2,(H,18,20)(H,22,23). The number of rotatable bonds is 7. The van der Waals surface area contributed by atoms with E-state index in [4.69, 9.17) is 9.63 Å². The summed E-state index contributed by atoms with van der Waals surface area (Å²) >= 11 is 0. The van der Waals surface area contributed by atoms with Gasteiger partial charge in [0.1, 0.15) is 6.61 Å². The van der Waals surface area contributed by atoms with Crippen LogP contribution in [0, 0.1) is 4.91 Å². The zero-order valence-corrected chi connectivity index (χ0v) is 14.6. The van der Waals surface area contributed by atoms with Gasteiger partial charge < -0.3 is 14.9 Å². The Hall–Kier alpha value is -2.54. The van der Waals surface area contributed by atoms with E-state index in [1.807, 2.05) is 53.5 Å². The Labute approximate surface area is 149 Å². The number of hydrogen-bond acceptors (Lipinski definition) is 5. The molecule has 1 unspecified atom stereocenters. The summed E-state index contributed by atoms with van der Waals surface area (Å²) < 4.78 is 20.5. The fourth-order valence-electron chi connectivity index (χ4n) is 2.99. The molecule has 2 aromatic rings. The summed E-state index contributed by atoms with van der Waals surface area (Å²) in [6, 6.07) is 16.0. The minimum Gasteiger partial charge on any atom is -0.449 e. The van der Waals surface area contributed by atoms with Crippen LogP contribution in [-0.2, 0) is 13.8 Å². The first-order valence-corrected chi connectivity index (χ1v) is 9.46. The highest BCUT2D eigenvalue weighted by atomic mass is 31.2.